The monoisotopic (exact) mass is 475 g/mol. The van der Waals surface area contributed by atoms with E-state index in [0.717, 1.165) is 30.8 Å². The summed E-state index contributed by atoms with van der Waals surface area (Å²) in [6.45, 7) is 2.28. The molecule has 2 fully saturated rings. The molecule has 1 amide bonds. The Morgan fingerprint density at radius 3 is 2.42 bits per heavy atom. The highest BCUT2D eigenvalue weighted by Crippen LogP contribution is 2.43. The van der Waals surface area contributed by atoms with E-state index in [1.54, 1.807) is 23.2 Å². The average Bonchev–Trinajstić information content (AvgIpc) is 3.56. The van der Waals surface area contributed by atoms with Gasteiger partial charge in [0.1, 0.15) is 5.82 Å². The number of hydrogen-bond donors (Lipinski definition) is 0. The zero-order valence-electron chi connectivity index (χ0n) is 17.6. The lowest BCUT2D eigenvalue weighted by atomic mass is 10.1. The molecule has 1 aliphatic heterocycles. The number of anilines is 1. The second kappa shape index (κ2) is 8.37. The summed E-state index contributed by atoms with van der Waals surface area (Å²) in [4.78, 5) is 21.5. The number of benzene rings is 1. The molecular formula is C23H21ClF3N5O. The average molecular weight is 476 g/mol. The van der Waals surface area contributed by atoms with Crippen LogP contribution in [0, 0.1) is 0 Å². The summed E-state index contributed by atoms with van der Waals surface area (Å²) < 4.78 is 41.1. The van der Waals surface area contributed by atoms with Crippen LogP contribution in [0.1, 0.15) is 40.4 Å². The largest absolute Gasteiger partial charge is 0.416 e. The van der Waals surface area contributed by atoms with Gasteiger partial charge in [-0.25, -0.2) is 9.67 Å². The van der Waals surface area contributed by atoms with E-state index in [0.29, 0.717) is 48.1 Å². The maximum absolute atomic E-state index is 13.4. The van der Waals surface area contributed by atoms with Gasteiger partial charge in [0.2, 0.25) is 0 Å². The van der Waals surface area contributed by atoms with E-state index >= 15 is 0 Å². The van der Waals surface area contributed by atoms with Crippen molar-refractivity contribution in [3.05, 3.63) is 70.6 Å². The van der Waals surface area contributed by atoms with Crippen LogP contribution in [0.25, 0.3) is 5.69 Å². The van der Waals surface area contributed by atoms with Crippen LogP contribution < -0.4 is 4.90 Å². The lowest BCUT2D eigenvalue weighted by molar-refractivity contribution is -0.137. The van der Waals surface area contributed by atoms with Gasteiger partial charge in [0, 0.05) is 38.3 Å². The summed E-state index contributed by atoms with van der Waals surface area (Å²) in [5.74, 6) is 0.793. The minimum absolute atomic E-state index is 0.126. The van der Waals surface area contributed by atoms with Crippen molar-refractivity contribution in [1.29, 1.82) is 0 Å². The van der Waals surface area contributed by atoms with Gasteiger partial charge in [0.25, 0.3) is 5.91 Å². The first-order valence-electron chi connectivity index (χ1n) is 10.7. The normalized spacial score (nSPS) is 16.8. The number of halogens is 4. The van der Waals surface area contributed by atoms with Crippen LogP contribution in [0.2, 0.25) is 5.02 Å². The van der Waals surface area contributed by atoms with E-state index in [2.05, 4.69) is 15.0 Å². The van der Waals surface area contributed by atoms with Gasteiger partial charge in [-0.3, -0.25) is 4.79 Å². The van der Waals surface area contributed by atoms with Crippen LogP contribution in [-0.2, 0) is 6.18 Å². The van der Waals surface area contributed by atoms with Crippen molar-refractivity contribution in [3.63, 3.8) is 0 Å². The number of aromatic nitrogens is 3. The third kappa shape index (κ3) is 4.42. The molecule has 10 heteroatoms. The second-order valence-corrected chi connectivity index (χ2v) is 8.73. The molecule has 0 bridgehead atoms. The number of rotatable bonds is 4. The number of alkyl halides is 3. The zero-order valence-corrected chi connectivity index (χ0v) is 18.4. The molecule has 1 saturated carbocycles. The summed E-state index contributed by atoms with van der Waals surface area (Å²) in [6.07, 6.45) is 0.421. The van der Waals surface area contributed by atoms with Crippen LogP contribution in [0.3, 0.4) is 0 Å². The number of carbonyl (C=O) groups is 1. The minimum Gasteiger partial charge on any atom is -0.353 e. The van der Waals surface area contributed by atoms with Crippen molar-refractivity contribution >= 4 is 23.3 Å². The Hall–Kier alpha value is -3.07. The first-order valence-corrected chi connectivity index (χ1v) is 11.1. The van der Waals surface area contributed by atoms with Crippen molar-refractivity contribution in [2.45, 2.75) is 24.9 Å². The molecule has 3 aromatic rings. The van der Waals surface area contributed by atoms with Gasteiger partial charge < -0.3 is 9.80 Å². The third-order valence-electron chi connectivity index (χ3n) is 6.02. The molecule has 0 unspecified atom stereocenters. The first kappa shape index (κ1) is 21.8. The highest BCUT2D eigenvalue weighted by molar-refractivity contribution is 6.30. The third-order valence-corrected chi connectivity index (χ3v) is 6.25. The Kier molecular flexibility index (Phi) is 5.52. The van der Waals surface area contributed by atoms with Gasteiger partial charge in [-0.05, 0) is 43.2 Å². The Morgan fingerprint density at radius 2 is 1.79 bits per heavy atom. The SMILES string of the molecule is O=C(c1cnn(-c2cccc(C(F)(F)F)c2)c1C1CC1)N1CCN(c2ccc(Cl)cn2)CC1. The Balaban J connectivity index is 1.37. The van der Waals surface area contributed by atoms with Gasteiger partial charge in [-0.2, -0.15) is 18.3 Å². The molecule has 0 radical (unpaired) electrons. The van der Waals surface area contributed by atoms with Crippen molar-refractivity contribution in [2.75, 3.05) is 31.1 Å². The van der Waals surface area contributed by atoms with Crippen LogP contribution in [0.5, 0.6) is 0 Å². The van der Waals surface area contributed by atoms with Gasteiger partial charge in [-0.1, -0.05) is 17.7 Å². The number of carbonyl (C=O) groups excluding carboxylic acids is 1. The predicted molar refractivity (Wildman–Crippen MR) is 118 cm³/mol. The lowest BCUT2D eigenvalue weighted by Gasteiger charge is -2.35. The molecular weight excluding hydrogens is 455 g/mol. The predicted octanol–water partition coefficient (Wildman–Crippen LogP) is 4.78. The fraction of sp³-hybridized carbons (Fsp3) is 0.348. The quantitative estimate of drug-likeness (QED) is 0.545. The van der Waals surface area contributed by atoms with Crippen molar-refractivity contribution in [3.8, 4) is 5.69 Å². The van der Waals surface area contributed by atoms with Crippen LogP contribution in [0.4, 0.5) is 19.0 Å². The van der Waals surface area contributed by atoms with E-state index in [9.17, 15) is 18.0 Å². The summed E-state index contributed by atoms with van der Waals surface area (Å²) in [7, 11) is 0. The Labute approximate surface area is 193 Å². The topological polar surface area (TPSA) is 54.3 Å². The fourth-order valence-corrected chi connectivity index (χ4v) is 4.27. The Morgan fingerprint density at radius 1 is 1.03 bits per heavy atom. The molecule has 0 N–H and O–H groups in total. The van der Waals surface area contributed by atoms with E-state index in [-0.39, 0.29) is 11.8 Å². The van der Waals surface area contributed by atoms with Gasteiger partial charge >= 0.3 is 6.18 Å². The summed E-state index contributed by atoms with van der Waals surface area (Å²) in [5, 5.41) is 4.89. The van der Waals surface area contributed by atoms with Gasteiger partial charge in [0.15, 0.2) is 0 Å². The molecule has 172 valence electrons. The molecule has 2 aliphatic rings. The van der Waals surface area contributed by atoms with Crippen LogP contribution >= 0.6 is 11.6 Å². The fourth-order valence-electron chi connectivity index (χ4n) is 4.16. The van der Waals surface area contributed by atoms with E-state index in [1.807, 2.05) is 6.07 Å². The van der Waals surface area contributed by atoms with Crippen molar-refractivity contribution in [2.24, 2.45) is 0 Å². The molecule has 1 aromatic carbocycles. The molecule has 0 spiro atoms. The summed E-state index contributed by atoms with van der Waals surface area (Å²) in [6, 6.07) is 8.69. The first-order chi connectivity index (χ1) is 15.8. The number of nitrogens with zero attached hydrogens (tertiary/aromatic N) is 5. The smallest absolute Gasteiger partial charge is 0.353 e. The highest BCUT2D eigenvalue weighted by Gasteiger charge is 2.36. The standard InChI is InChI=1S/C23H21ClF3N5O/c24-17-6-7-20(28-13-17)30-8-10-31(11-9-30)22(33)19-14-29-32(21(19)15-4-5-15)18-3-1-2-16(12-18)23(25,26)27/h1-3,6-7,12-15H,4-5,8-11H2. The van der Waals surface area contributed by atoms with E-state index < -0.39 is 11.7 Å². The lowest BCUT2D eigenvalue weighted by Crippen LogP contribution is -2.49. The van der Waals surface area contributed by atoms with Crippen molar-refractivity contribution in [1.82, 2.24) is 19.7 Å². The molecule has 1 aliphatic carbocycles. The Bertz CT molecular complexity index is 1170. The molecule has 2 aromatic heterocycles. The van der Waals surface area contributed by atoms with Crippen molar-refractivity contribution < 1.29 is 18.0 Å². The minimum atomic E-state index is -4.44. The maximum Gasteiger partial charge on any atom is 0.416 e. The summed E-state index contributed by atoms with van der Waals surface area (Å²) >= 11 is 5.91. The number of hydrogen-bond acceptors (Lipinski definition) is 4. The van der Waals surface area contributed by atoms with Gasteiger partial charge in [0.05, 0.1) is 33.7 Å². The zero-order chi connectivity index (χ0) is 23.2. The molecule has 6 nitrogen and oxygen atoms in total. The highest BCUT2D eigenvalue weighted by atomic mass is 35.5. The van der Waals surface area contributed by atoms with Crippen LogP contribution in [-0.4, -0.2) is 51.8 Å². The number of pyridine rings is 1. The van der Waals surface area contributed by atoms with Gasteiger partial charge in [-0.15, -0.1) is 0 Å². The number of amides is 1. The summed E-state index contributed by atoms with van der Waals surface area (Å²) in [5.41, 5.74) is 0.732. The maximum atomic E-state index is 13.4. The van der Waals surface area contributed by atoms with E-state index in [1.165, 1.54) is 16.9 Å². The molecule has 5 rings (SSSR count). The van der Waals surface area contributed by atoms with Crippen LogP contribution in [0.15, 0.2) is 48.8 Å². The molecule has 33 heavy (non-hydrogen) atoms. The molecule has 1 saturated heterocycles. The molecule has 0 atom stereocenters. The number of piperazine rings is 1. The molecule has 3 heterocycles. The van der Waals surface area contributed by atoms with E-state index in [4.69, 9.17) is 11.6 Å². The second-order valence-electron chi connectivity index (χ2n) is 8.29.